The van der Waals surface area contributed by atoms with Gasteiger partial charge in [-0.15, -0.1) is 9.89 Å². The Morgan fingerprint density at radius 3 is 2.57 bits per heavy atom. The molecule has 0 radical (unpaired) electrons. The molecule has 1 heterocycles. The SMILES string of the molecule is Nn1cnnn1.[H-].[K+]. The Hall–Kier alpha value is 0.506. The van der Waals surface area contributed by atoms with Crippen molar-refractivity contribution in [1.29, 1.82) is 0 Å². The molecule has 0 bridgehead atoms. The first kappa shape index (κ1) is 7.51. The van der Waals surface area contributed by atoms with Crippen LogP contribution >= 0.6 is 0 Å². The predicted octanol–water partition coefficient (Wildman–Crippen LogP) is -4.50. The molecule has 1 aromatic rings. The van der Waals surface area contributed by atoms with E-state index in [2.05, 4.69) is 15.5 Å². The molecule has 0 aliphatic carbocycles. The van der Waals surface area contributed by atoms with Crippen LogP contribution in [0.3, 0.4) is 0 Å². The number of nitrogens with two attached hydrogens (primary N) is 1. The van der Waals surface area contributed by atoms with Gasteiger partial charge in [-0.1, -0.05) is 0 Å². The number of hydrogen-bond acceptors (Lipinski definition) is 4. The second-order valence-corrected chi connectivity index (χ2v) is 0.790. The van der Waals surface area contributed by atoms with E-state index in [9.17, 15) is 0 Å². The minimum atomic E-state index is 0. The van der Waals surface area contributed by atoms with Crippen LogP contribution < -0.4 is 57.2 Å². The second kappa shape index (κ2) is 3.50. The Bertz CT molecular complexity index is 116. The zero-order valence-corrected chi connectivity index (χ0v) is 7.07. The summed E-state index contributed by atoms with van der Waals surface area (Å²) >= 11 is 0. The minimum Gasteiger partial charge on any atom is -1.00 e. The zero-order valence-electron chi connectivity index (χ0n) is 4.94. The van der Waals surface area contributed by atoms with Crippen molar-refractivity contribution in [1.82, 2.24) is 20.3 Å². The molecule has 0 amide bonds. The fraction of sp³-hybridized carbons (Fsp3) is 0. The topological polar surface area (TPSA) is 69.6 Å². The van der Waals surface area contributed by atoms with E-state index in [0.717, 1.165) is 4.79 Å². The molecule has 0 saturated heterocycles. The van der Waals surface area contributed by atoms with Crippen LogP contribution in [-0.2, 0) is 0 Å². The van der Waals surface area contributed by atoms with E-state index < -0.39 is 0 Å². The van der Waals surface area contributed by atoms with Crippen molar-refractivity contribution >= 4 is 0 Å². The van der Waals surface area contributed by atoms with Gasteiger partial charge < -0.3 is 7.27 Å². The summed E-state index contributed by atoms with van der Waals surface area (Å²) in [5, 5.41) is 9.71. The third-order valence-corrected chi connectivity index (χ3v) is 0.365. The van der Waals surface area contributed by atoms with E-state index in [1.807, 2.05) is 0 Å². The van der Waals surface area contributed by atoms with E-state index in [0.29, 0.717) is 0 Å². The van der Waals surface area contributed by atoms with Crippen LogP contribution in [0.1, 0.15) is 1.43 Å². The molecule has 0 aliphatic heterocycles. The first-order chi connectivity index (χ1) is 2.89. The van der Waals surface area contributed by atoms with Crippen LogP contribution in [0.4, 0.5) is 0 Å². The molecule has 34 valence electrons. The average Bonchev–Trinajstić information content (AvgIpc) is 1.86. The van der Waals surface area contributed by atoms with Gasteiger partial charge in [-0.05, 0) is 10.4 Å². The van der Waals surface area contributed by atoms with Gasteiger partial charge in [0, 0.05) is 0 Å². The first-order valence-corrected chi connectivity index (χ1v) is 1.37. The van der Waals surface area contributed by atoms with Crippen LogP contribution in [0.5, 0.6) is 0 Å². The first-order valence-electron chi connectivity index (χ1n) is 1.37. The summed E-state index contributed by atoms with van der Waals surface area (Å²) in [6.45, 7) is 0. The van der Waals surface area contributed by atoms with E-state index in [1.54, 1.807) is 0 Å². The number of hydrogen-bond donors (Lipinski definition) is 1. The van der Waals surface area contributed by atoms with Crippen LogP contribution in [0.15, 0.2) is 6.33 Å². The number of nitrogen functional groups attached to an aromatic ring is 1. The summed E-state index contributed by atoms with van der Waals surface area (Å²) in [5.74, 6) is 4.96. The molecule has 0 saturated carbocycles. The molecular weight excluding hydrogens is 121 g/mol. The van der Waals surface area contributed by atoms with Crippen LogP contribution in [-0.4, -0.2) is 20.3 Å². The van der Waals surface area contributed by atoms with Crippen LogP contribution in [0.2, 0.25) is 0 Å². The van der Waals surface area contributed by atoms with Crippen molar-refractivity contribution in [2.75, 3.05) is 5.84 Å². The standard InChI is InChI=1S/CH3N5.K.H/c2-6-1-3-4-5-6;;/h1H,2H2;;/q;+1;-1. The number of rotatable bonds is 0. The van der Waals surface area contributed by atoms with E-state index in [4.69, 9.17) is 5.84 Å². The van der Waals surface area contributed by atoms with E-state index >= 15 is 0 Å². The summed E-state index contributed by atoms with van der Waals surface area (Å²) in [5.41, 5.74) is 0. The van der Waals surface area contributed by atoms with Crippen molar-refractivity contribution in [2.24, 2.45) is 0 Å². The van der Waals surface area contributed by atoms with Gasteiger partial charge in [-0.25, -0.2) is 0 Å². The molecule has 0 atom stereocenters. The average molecular weight is 125 g/mol. The Morgan fingerprint density at radius 1 is 1.71 bits per heavy atom. The monoisotopic (exact) mass is 125 g/mol. The van der Waals surface area contributed by atoms with Crippen molar-refractivity contribution < 1.29 is 52.8 Å². The summed E-state index contributed by atoms with van der Waals surface area (Å²) in [6.07, 6.45) is 1.31. The molecule has 1 aromatic heterocycles. The molecule has 0 spiro atoms. The number of nitrogens with zero attached hydrogens (tertiary/aromatic N) is 4. The molecular formula is CH4KN5. The van der Waals surface area contributed by atoms with E-state index in [1.165, 1.54) is 6.33 Å². The molecule has 0 aliphatic rings. The molecule has 0 fully saturated rings. The predicted molar refractivity (Wildman–Crippen MR) is 19.1 cm³/mol. The Labute approximate surface area is 84.1 Å². The Morgan fingerprint density at radius 2 is 2.43 bits per heavy atom. The molecule has 5 nitrogen and oxygen atoms in total. The van der Waals surface area contributed by atoms with Gasteiger partial charge in [-0.3, -0.25) is 0 Å². The van der Waals surface area contributed by atoms with Gasteiger partial charge in [0.1, 0.15) is 0 Å². The molecule has 2 N–H and O–H groups in total. The van der Waals surface area contributed by atoms with Gasteiger partial charge in [-0.2, -0.15) is 0 Å². The number of tetrazole rings is 1. The maximum absolute atomic E-state index is 4.96. The summed E-state index contributed by atoms with van der Waals surface area (Å²) in [4.78, 5) is 1.03. The smallest absolute Gasteiger partial charge is 1.00 e. The van der Waals surface area contributed by atoms with Gasteiger partial charge in [0.2, 0.25) is 0 Å². The molecule has 7 heavy (non-hydrogen) atoms. The minimum absolute atomic E-state index is 0. The quantitative estimate of drug-likeness (QED) is 0.280. The summed E-state index contributed by atoms with van der Waals surface area (Å²) in [6, 6.07) is 0. The largest absolute Gasteiger partial charge is 1.00 e. The Kier molecular flexibility index (Phi) is 3.75. The number of aromatic nitrogens is 4. The van der Waals surface area contributed by atoms with Gasteiger partial charge in [0.05, 0.1) is 0 Å². The van der Waals surface area contributed by atoms with Crippen molar-refractivity contribution in [3.05, 3.63) is 6.33 Å². The normalized spacial score (nSPS) is 7.43. The molecule has 1 rings (SSSR count). The third kappa shape index (κ3) is 2.34. The van der Waals surface area contributed by atoms with E-state index in [-0.39, 0.29) is 52.8 Å². The van der Waals surface area contributed by atoms with Crippen molar-refractivity contribution in [3.8, 4) is 0 Å². The van der Waals surface area contributed by atoms with Crippen molar-refractivity contribution in [2.45, 2.75) is 0 Å². The fourth-order valence-electron chi connectivity index (χ4n) is 0.168. The Balaban J connectivity index is 0. The second-order valence-electron chi connectivity index (χ2n) is 0.790. The summed E-state index contributed by atoms with van der Waals surface area (Å²) < 4.78 is 0. The maximum Gasteiger partial charge on any atom is 1.00 e. The molecule has 6 heteroatoms. The maximum atomic E-state index is 4.96. The molecule has 0 aromatic carbocycles. The van der Waals surface area contributed by atoms with Crippen molar-refractivity contribution in [3.63, 3.8) is 0 Å². The molecule has 0 unspecified atom stereocenters. The zero-order chi connectivity index (χ0) is 4.41. The summed E-state index contributed by atoms with van der Waals surface area (Å²) in [7, 11) is 0. The van der Waals surface area contributed by atoms with Gasteiger partial charge in [0.25, 0.3) is 0 Å². The van der Waals surface area contributed by atoms with Gasteiger partial charge >= 0.3 is 51.4 Å². The fourth-order valence-corrected chi connectivity index (χ4v) is 0.168. The third-order valence-electron chi connectivity index (χ3n) is 0.365. The van der Waals surface area contributed by atoms with Crippen LogP contribution in [0.25, 0.3) is 0 Å². The van der Waals surface area contributed by atoms with Gasteiger partial charge in [0.15, 0.2) is 6.33 Å². The van der Waals surface area contributed by atoms with Crippen LogP contribution in [0, 0.1) is 0 Å².